The molecule has 0 saturated carbocycles. The van der Waals surface area contributed by atoms with Crippen molar-refractivity contribution in [1.29, 1.82) is 0 Å². The molecule has 1 aromatic heterocycles. The van der Waals surface area contributed by atoms with Crippen LogP contribution in [0.4, 0.5) is 0 Å². The van der Waals surface area contributed by atoms with Crippen LogP contribution in [0.3, 0.4) is 0 Å². The first-order chi connectivity index (χ1) is 13.6. The molecule has 8 nitrogen and oxygen atoms in total. The standard InChI is InChI=1S/C21H32N2O6/c1-8-12-23(16(24)10-11-17(25)29-9-2)15(5)20(26)18-13(3)19(21(27)28-7)22(6)14(18)4/h15H,8-12H2,1-7H3/t15-/m0/s1. The molecule has 8 heteroatoms. The summed E-state index contributed by atoms with van der Waals surface area (Å²) in [5.74, 6) is -1.48. The summed E-state index contributed by atoms with van der Waals surface area (Å²) >= 11 is 0. The number of Topliss-reactive ketones (excluding diaryl/α,β-unsaturated/α-hetero) is 1. The molecule has 0 radical (unpaired) electrons. The normalized spacial score (nSPS) is 11.7. The van der Waals surface area contributed by atoms with Crippen molar-refractivity contribution in [2.24, 2.45) is 7.05 Å². The number of esters is 2. The molecular formula is C21H32N2O6. The minimum atomic E-state index is -0.727. The molecule has 0 N–H and O–H groups in total. The van der Waals surface area contributed by atoms with Crippen LogP contribution < -0.4 is 0 Å². The highest BCUT2D eigenvalue weighted by molar-refractivity contribution is 6.06. The smallest absolute Gasteiger partial charge is 0.354 e. The van der Waals surface area contributed by atoms with Crippen molar-refractivity contribution < 1.29 is 28.7 Å². The van der Waals surface area contributed by atoms with Gasteiger partial charge in [-0.2, -0.15) is 0 Å². The maximum absolute atomic E-state index is 13.3. The molecule has 0 aliphatic carbocycles. The van der Waals surface area contributed by atoms with Crippen molar-refractivity contribution in [1.82, 2.24) is 9.47 Å². The highest BCUT2D eigenvalue weighted by atomic mass is 16.5. The number of rotatable bonds is 10. The van der Waals surface area contributed by atoms with Crippen molar-refractivity contribution in [2.45, 2.75) is 59.9 Å². The average molecular weight is 408 g/mol. The van der Waals surface area contributed by atoms with Gasteiger partial charge in [0.05, 0.1) is 26.2 Å². The molecule has 29 heavy (non-hydrogen) atoms. The topological polar surface area (TPSA) is 94.9 Å². The zero-order valence-corrected chi connectivity index (χ0v) is 18.5. The first-order valence-electron chi connectivity index (χ1n) is 9.85. The van der Waals surface area contributed by atoms with Gasteiger partial charge in [0.1, 0.15) is 5.69 Å². The van der Waals surface area contributed by atoms with Crippen LogP contribution in [-0.4, -0.2) is 59.4 Å². The van der Waals surface area contributed by atoms with Crippen molar-refractivity contribution in [2.75, 3.05) is 20.3 Å². The summed E-state index contributed by atoms with van der Waals surface area (Å²) in [6.07, 6.45) is 0.628. The Balaban J connectivity index is 3.14. The van der Waals surface area contributed by atoms with Gasteiger partial charge in [0.2, 0.25) is 5.91 Å². The van der Waals surface area contributed by atoms with E-state index >= 15 is 0 Å². The number of amides is 1. The lowest BCUT2D eigenvalue weighted by atomic mass is 9.99. The summed E-state index contributed by atoms with van der Waals surface area (Å²) in [5.41, 5.74) is 1.90. The number of ketones is 1. The Morgan fingerprint density at radius 2 is 1.72 bits per heavy atom. The number of carbonyl (C=O) groups excluding carboxylic acids is 4. The average Bonchev–Trinajstić information content (AvgIpc) is 2.91. The van der Waals surface area contributed by atoms with Crippen LogP contribution in [0.15, 0.2) is 0 Å². The Hall–Kier alpha value is -2.64. The molecule has 0 aromatic carbocycles. The molecule has 1 atom stereocenters. The Morgan fingerprint density at radius 3 is 2.24 bits per heavy atom. The van der Waals surface area contributed by atoms with Gasteiger partial charge in [-0.1, -0.05) is 6.92 Å². The van der Waals surface area contributed by atoms with E-state index in [2.05, 4.69) is 0 Å². The molecular weight excluding hydrogens is 376 g/mol. The molecule has 0 spiro atoms. The Morgan fingerprint density at radius 1 is 1.10 bits per heavy atom. The monoisotopic (exact) mass is 408 g/mol. The van der Waals surface area contributed by atoms with Crippen molar-refractivity contribution in [3.8, 4) is 0 Å². The van der Waals surface area contributed by atoms with Crippen LogP contribution >= 0.6 is 0 Å². The van der Waals surface area contributed by atoms with Gasteiger partial charge >= 0.3 is 11.9 Å². The predicted molar refractivity (Wildman–Crippen MR) is 108 cm³/mol. The van der Waals surface area contributed by atoms with Gasteiger partial charge in [-0.25, -0.2) is 4.79 Å². The van der Waals surface area contributed by atoms with Gasteiger partial charge < -0.3 is 18.9 Å². The lowest BCUT2D eigenvalue weighted by molar-refractivity contribution is -0.146. The molecule has 1 amide bonds. The number of nitrogens with zero attached hydrogens (tertiary/aromatic N) is 2. The third-order valence-electron chi connectivity index (χ3n) is 5.04. The zero-order chi connectivity index (χ0) is 22.3. The summed E-state index contributed by atoms with van der Waals surface area (Å²) in [6.45, 7) is 9.40. The first kappa shape index (κ1) is 24.4. The second-order valence-electron chi connectivity index (χ2n) is 6.92. The van der Waals surface area contributed by atoms with E-state index in [1.54, 1.807) is 39.3 Å². The summed E-state index contributed by atoms with van der Waals surface area (Å²) in [5, 5.41) is 0. The third kappa shape index (κ3) is 5.46. The minimum Gasteiger partial charge on any atom is -0.466 e. The zero-order valence-electron chi connectivity index (χ0n) is 18.5. The van der Waals surface area contributed by atoms with Gasteiger partial charge in [0.25, 0.3) is 0 Å². The van der Waals surface area contributed by atoms with Crippen molar-refractivity contribution >= 4 is 23.6 Å². The van der Waals surface area contributed by atoms with Gasteiger partial charge in [-0.15, -0.1) is 0 Å². The van der Waals surface area contributed by atoms with Gasteiger partial charge in [-0.3, -0.25) is 14.4 Å². The van der Waals surface area contributed by atoms with Gasteiger partial charge in [0, 0.05) is 31.3 Å². The lowest BCUT2D eigenvalue weighted by Gasteiger charge is -2.28. The van der Waals surface area contributed by atoms with Crippen LogP contribution in [0, 0.1) is 13.8 Å². The number of aromatic nitrogens is 1. The van der Waals surface area contributed by atoms with E-state index in [0.29, 0.717) is 35.5 Å². The Kier molecular flexibility index (Phi) is 9.07. The van der Waals surface area contributed by atoms with Crippen molar-refractivity contribution in [3.63, 3.8) is 0 Å². The van der Waals surface area contributed by atoms with E-state index in [-0.39, 0.29) is 31.1 Å². The molecule has 1 aromatic rings. The van der Waals surface area contributed by atoms with Crippen molar-refractivity contribution in [3.05, 3.63) is 22.5 Å². The molecule has 1 rings (SSSR count). The molecule has 0 fully saturated rings. The van der Waals surface area contributed by atoms with Crippen LogP contribution in [0.25, 0.3) is 0 Å². The van der Waals surface area contributed by atoms with E-state index in [9.17, 15) is 19.2 Å². The Bertz CT molecular complexity index is 781. The van der Waals surface area contributed by atoms with Gasteiger partial charge in [-0.05, 0) is 39.7 Å². The number of hydrogen-bond donors (Lipinski definition) is 0. The van der Waals surface area contributed by atoms with Crippen LogP contribution in [0.1, 0.15) is 72.1 Å². The second-order valence-corrected chi connectivity index (χ2v) is 6.92. The quantitative estimate of drug-likeness (QED) is 0.436. The number of methoxy groups -OCH3 is 1. The molecule has 0 unspecified atom stereocenters. The third-order valence-corrected chi connectivity index (χ3v) is 5.04. The maximum atomic E-state index is 13.3. The van der Waals surface area contributed by atoms with Crippen LogP contribution in [0.5, 0.6) is 0 Å². The first-order valence-corrected chi connectivity index (χ1v) is 9.85. The summed E-state index contributed by atoms with van der Waals surface area (Å²) in [6, 6.07) is -0.727. The molecule has 0 aliphatic heterocycles. The van der Waals surface area contributed by atoms with Crippen LogP contribution in [-0.2, 0) is 26.1 Å². The molecule has 162 valence electrons. The van der Waals surface area contributed by atoms with Gasteiger partial charge in [0.15, 0.2) is 5.78 Å². The number of ether oxygens (including phenoxy) is 2. The molecule has 0 saturated heterocycles. The molecule has 1 heterocycles. The van der Waals surface area contributed by atoms with E-state index in [1.165, 1.54) is 12.0 Å². The number of hydrogen-bond acceptors (Lipinski definition) is 6. The predicted octanol–water partition coefficient (Wildman–Crippen LogP) is 2.58. The number of carbonyl (C=O) groups is 4. The van der Waals surface area contributed by atoms with E-state index in [4.69, 9.17) is 9.47 Å². The maximum Gasteiger partial charge on any atom is 0.354 e. The van der Waals surface area contributed by atoms with E-state index in [0.717, 1.165) is 0 Å². The Labute approximate surface area is 172 Å². The summed E-state index contributed by atoms with van der Waals surface area (Å²) in [7, 11) is 2.99. The highest BCUT2D eigenvalue weighted by Gasteiger charge is 2.32. The fourth-order valence-corrected chi connectivity index (χ4v) is 3.44. The van der Waals surface area contributed by atoms with E-state index in [1.807, 2.05) is 6.92 Å². The highest BCUT2D eigenvalue weighted by Crippen LogP contribution is 2.25. The molecule has 0 aliphatic rings. The summed E-state index contributed by atoms with van der Waals surface area (Å²) in [4.78, 5) is 51.1. The second kappa shape index (κ2) is 10.8. The fraction of sp³-hybridized carbons (Fsp3) is 0.619. The van der Waals surface area contributed by atoms with E-state index < -0.39 is 18.0 Å². The fourth-order valence-electron chi connectivity index (χ4n) is 3.44. The largest absolute Gasteiger partial charge is 0.466 e. The summed E-state index contributed by atoms with van der Waals surface area (Å²) < 4.78 is 11.3. The minimum absolute atomic E-state index is 0.0172. The molecule has 0 bridgehead atoms. The SMILES string of the molecule is CCCN(C(=O)CCC(=O)OCC)[C@@H](C)C(=O)c1c(C)c(C(=O)OC)n(C)c1C. The lowest BCUT2D eigenvalue weighted by Crippen LogP contribution is -2.44. The van der Waals surface area contributed by atoms with Crippen LogP contribution in [0.2, 0.25) is 0 Å².